The Balaban J connectivity index is 1.40. The minimum absolute atomic E-state index is 0.0137. The number of amides is 2. The van der Waals surface area contributed by atoms with Crippen molar-refractivity contribution in [1.82, 2.24) is 14.8 Å². The summed E-state index contributed by atoms with van der Waals surface area (Å²) in [4.78, 5) is 34.7. The first-order chi connectivity index (χ1) is 17.0. The first-order valence-electron chi connectivity index (χ1n) is 11.9. The zero-order valence-corrected chi connectivity index (χ0v) is 21.6. The van der Waals surface area contributed by atoms with Gasteiger partial charge >= 0.3 is 0 Å². The number of nitrogens with zero attached hydrogens (tertiary/aromatic N) is 3. The first kappa shape index (κ1) is 25.2. The summed E-state index contributed by atoms with van der Waals surface area (Å²) in [5.41, 5.74) is 0.962. The molecule has 0 spiro atoms. The standard InChI is InChI=1S/C25H33N3O6S/c1-31-14-17-6-5-11-28(17)25(30)19-15-35-23(26-19)16-9-12-27(13-10-16)24(29)18-7-8-20(32-2)22(34-4)21(18)33-3/h7-8,15-17H,5-6,9-14H2,1-4H3. The average molecular weight is 504 g/mol. The SMILES string of the molecule is COCC1CCCN1C(=O)c1csc(C2CCN(C(=O)c3ccc(OC)c(OC)c3OC)CC2)n1. The second kappa shape index (κ2) is 11.3. The Bertz CT molecular complexity index is 1050. The summed E-state index contributed by atoms with van der Waals surface area (Å²) in [6.07, 6.45) is 3.54. The van der Waals surface area contributed by atoms with Crippen LogP contribution in [0.3, 0.4) is 0 Å². The predicted molar refractivity (Wildman–Crippen MR) is 132 cm³/mol. The highest BCUT2D eigenvalue weighted by Crippen LogP contribution is 2.41. The van der Waals surface area contributed by atoms with Crippen LogP contribution in [-0.4, -0.2) is 87.3 Å². The molecule has 0 radical (unpaired) electrons. The molecular weight excluding hydrogens is 470 g/mol. The quantitative estimate of drug-likeness (QED) is 0.545. The number of methoxy groups -OCH3 is 4. The van der Waals surface area contributed by atoms with Crippen LogP contribution >= 0.6 is 11.3 Å². The van der Waals surface area contributed by atoms with Crippen molar-refractivity contribution in [2.45, 2.75) is 37.6 Å². The minimum atomic E-state index is -0.102. The maximum absolute atomic E-state index is 13.3. The second-order valence-corrected chi connectivity index (χ2v) is 9.66. The zero-order chi connectivity index (χ0) is 24.9. The summed E-state index contributed by atoms with van der Waals surface area (Å²) in [5, 5.41) is 2.83. The van der Waals surface area contributed by atoms with E-state index in [0.29, 0.717) is 48.2 Å². The summed E-state index contributed by atoms with van der Waals surface area (Å²) in [6, 6.07) is 3.55. The molecular formula is C25H33N3O6S. The number of piperidine rings is 1. The highest BCUT2D eigenvalue weighted by Gasteiger charge is 2.33. The van der Waals surface area contributed by atoms with E-state index in [9.17, 15) is 9.59 Å². The lowest BCUT2D eigenvalue weighted by Gasteiger charge is -2.31. The fourth-order valence-electron chi connectivity index (χ4n) is 4.96. The molecule has 2 amide bonds. The maximum Gasteiger partial charge on any atom is 0.273 e. The van der Waals surface area contributed by atoms with Gasteiger partial charge in [-0.25, -0.2) is 4.98 Å². The van der Waals surface area contributed by atoms with E-state index in [1.54, 1.807) is 26.4 Å². The van der Waals surface area contributed by atoms with Crippen molar-refractivity contribution in [2.24, 2.45) is 0 Å². The van der Waals surface area contributed by atoms with Gasteiger partial charge in [-0.2, -0.15) is 0 Å². The van der Waals surface area contributed by atoms with E-state index in [2.05, 4.69) is 0 Å². The Morgan fingerprint density at radius 2 is 1.71 bits per heavy atom. The van der Waals surface area contributed by atoms with Crippen LogP contribution in [0.4, 0.5) is 0 Å². The molecule has 10 heteroatoms. The van der Waals surface area contributed by atoms with Gasteiger partial charge in [0.1, 0.15) is 5.69 Å². The molecule has 35 heavy (non-hydrogen) atoms. The van der Waals surface area contributed by atoms with Crippen LogP contribution in [0.1, 0.15) is 57.5 Å². The number of ether oxygens (including phenoxy) is 4. The van der Waals surface area contributed by atoms with Gasteiger partial charge in [0.05, 0.1) is 44.5 Å². The Hall–Kier alpha value is -2.85. The molecule has 9 nitrogen and oxygen atoms in total. The van der Waals surface area contributed by atoms with Gasteiger partial charge < -0.3 is 28.7 Å². The van der Waals surface area contributed by atoms with Crippen LogP contribution in [0.25, 0.3) is 0 Å². The zero-order valence-electron chi connectivity index (χ0n) is 20.7. The smallest absolute Gasteiger partial charge is 0.273 e. The number of benzene rings is 1. The number of rotatable bonds is 8. The summed E-state index contributed by atoms with van der Waals surface area (Å²) < 4.78 is 21.5. The van der Waals surface area contributed by atoms with Crippen molar-refractivity contribution in [2.75, 3.05) is 54.7 Å². The Labute approximate surface area is 209 Å². The number of hydrogen-bond acceptors (Lipinski definition) is 8. The molecule has 2 saturated heterocycles. The van der Waals surface area contributed by atoms with Gasteiger partial charge in [0.15, 0.2) is 11.5 Å². The summed E-state index contributed by atoms with van der Waals surface area (Å²) >= 11 is 1.54. The molecule has 3 heterocycles. The van der Waals surface area contributed by atoms with Crippen LogP contribution in [0.2, 0.25) is 0 Å². The van der Waals surface area contributed by atoms with Crippen LogP contribution < -0.4 is 14.2 Å². The molecule has 1 unspecified atom stereocenters. The topological polar surface area (TPSA) is 90.4 Å². The fraction of sp³-hybridized carbons (Fsp3) is 0.560. The number of aromatic nitrogens is 1. The molecule has 0 aliphatic carbocycles. The summed E-state index contributed by atoms with van der Waals surface area (Å²) in [5.74, 6) is 1.40. The molecule has 190 valence electrons. The van der Waals surface area contributed by atoms with Gasteiger partial charge in [0.25, 0.3) is 11.8 Å². The van der Waals surface area contributed by atoms with Crippen molar-refractivity contribution in [3.8, 4) is 17.2 Å². The molecule has 4 rings (SSSR count). The van der Waals surface area contributed by atoms with Crippen molar-refractivity contribution < 1.29 is 28.5 Å². The third kappa shape index (κ3) is 5.08. The molecule has 0 saturated carbocycles. The minimum Gasteiger partial charge on any atom is -0.493 e. The Morgan fingerprint density at radius 1 is 0.971 bits per heavy atom. The van der Waals surface area contributed by atoms with Crippen LogP contribution in [0.15, 0.2) is 17.5 Å². The van der Waals surface area contributed by atoms with Gasteiger partial charge in [0, 0.05) is 38.0 Å². The molecule has 1 aromatic heterocycles. The van der Waals surface area contributed by atoms with Gasteiger partial charge in [-0.1, -0.05) is 0 Å². The fourth-order valence-corrected chi connectivity index (χ4v) is 5.92. The Morgan fingerprint density at radius 3 is 2.37 bits per heavy atom. The van der Waals surface area contributed by atoms with E-state index in [4.69, 9.17) is 23.9 Å². The summed E-state index contributed by atoms with van der Waals surface area (Å²) in [7, 11) is 6.25. The highest BCUT2D eigenvalue weighted by molar-refractivity contribution is 7.09. The molecule has 0 bridgehead atoms. The van der Waals surface area contributed by atoms with Gasteiger partial charge in [-0.15, -0.1) is 11.3 Å². The van der Waals surface area contributed by atoms with E-state index < -0.39 is 0 Å². The van der Waals surface area contributed by atoms with E-state index in [1.165, 1.54) is 25.6 Å². The normalized spacial score (nSPS) is 18.6. The van der Waals surface area contributed by atoms with E-state index in [0.717, 1.165) is 37.2 Å². The van der Waals surface area contributed by atoms with Crippen molar-refractivity contribution in [3.63, 3.8) is 0 Å². The molecule has 1 atom stereocenters. The number of thiazole rings is 1. The van der Waals surface area contributed by atoms with Gasteiger partial charge in [-0.05, 0) is 37.8 Å². The van der Waals surface area contributed by atoms with E-state index in [1.807, 2.05) is 15.2 Å². The number of carbonyl (C=O) groups is 2. The van der Waals surface area contributed by atoms with Crippen molar-refractivity contribution >= 4 is 23.2 Å². The third-order valence-electron chi connectivity index (χ3n) is 6.80. The number of hydrogen-bond donors (Lipinski definition) is 0. The average Bonchev–Trinajstić information content (AvgIpc) is 3.57. The lowest BCUT2D eigenvalue weighted by molar-refractivity contribution is 0.0625. The second-order valence-electron chi connectivity index (χ2n) is 8.77. The van der Waals surface area contributed by atoms with Gasteiger partial charge in [-0.3, -0.25) is 9.59 Å². The van der Waals surface area contributed by atoms with E-state index in [-0.39, 0.29) is 23.8 Å². The van der Waals surface area contributed by atoms with Gasteiger partial charge in [0.2, 0.25) is 5.75 Å². The molecule has 2 aromatic rings. The largest absolute Gasteiger partial charge is 0.493 e. The molecule has 2 aliphatic rings. The summed E-state index contributed by atoms with van der Waals surface area (Å²) in [6.45, 7) is 2.51. The lowest BCUT2D eigenvalue weighted by atomic mass is 9.96. The molecule has 2 aliphatic heterocycles. The van der Waals surface area contributed by atoms with Crippen molar-refractivity contribution in [1.29, 1.82) is 0 Å². The van der Waals surface area contributed by atoms with Crippen molar-refractivity contribution in [3.05, 3.63) is 33.8 Å². The highest BCUT2D eigenvalue weighted by atomic mass is 32.1. The number of likely N-dealkylation sites (tertiary alicyclic amines) is 2. The first-order valence-corrected chi connectivity index (χ1v) is 12.7. The Kier molecular flexibility index (Phi) is 8.12. The predicted octanol–water partition coefficient (Wildman–Crippen LogP) is 3.44. The van der Waals surface area contributed by atoms with E-state index >= 15 is 0 Å². The lowest BCUT2D eigenvalue weighted by Crippen LogP contribution is -2.38. The third-order valence-corrected chi connectivity index (χ3v) is 7.81. The van der Waals surface area contributed by atoms with Crippen LogP contribution in [0, 0.1) is 0 Å². The maximum atomic E-state index is 13.3. The van der Waals surface area contributed by atoms with Crippen LogP contribution in [-0.2, 0) is 4.74 Å². The monoisotopic (exact) mass is 503 g/mol. The molecule has 1 aromatic carbocycles. The number of carbonyl (C=O) groups excluding carboxylic acids is 2. The molecule has 0 N–H and O–H groups in total. The molecule has 2 fully saturated rings. The van der Waals surface area contributed by atoms with Crippen LogP contribution in [0.5, 0.6) is 17.2 Å².